The van der Waals surface area contributed by atoms with Gasteiger partial charge in [-0.2, -0.15) is 4.98 Å². The maximum Gasteiger partial charge on any atom is 0.225 e. The van der Waals surface area contributed by atoms with Crippen molar-refractivity contribution in [3.8, 4) is 10.6 Å². The molecule has 208 valence electrons. The molecular weight excluding hydrogens is 528 g/mol. The monoisotopic (exact) mass is 560 g/mol. The number of nitrogens with one attached hydrogen (secondary N) is 2. The molecule has 12 heteroatoms. The number of pyridine rings is 2. The highest BCUT2D eigenvalue weighted by Gasteiger charge is 2.48. The van der Waals surface area contributed by atoms with Crippen LogP contribution in [0.4, 0.5) is 11.8 Å². The Balaban J connectivity index is 1.36. The van der Waals surface area contributed by atoms with Gasteiger partial charge in [0.15, 0.2) is 0 Å². The predicted octanol–water partition coefficient (Wildman–Crippen LogP) is 3.32. The summed E-state index contributed by atoms with van der Waals surface area (Å²) in [4.78, 5) is 23.4. The quantitative estimate of drug-likeness (QED) is 0.200. The molecule has 5 aromatic heterocycles. The van der Waals surface area contributed by atoms with E-state index in [2.05, 4.69) is 20.6 Å². The summed E-state index contributed by atoms with van der Waals surface area (Å²) in [6.45, 7) is 7.53. The molecule has 0 radical (unpaired) electrons. The first-order valence-electron chi connectivity index (χ1n) is 13.2. The number of imidazole rings is 1. The fourth-order valence-corrected chi connectivity index (χ4v) is 6.51. The number of nitrogens with zero attached hydrogens (tertiary/aromatic N) is 6. The number of aromatic nitrogens is 6. The summed E-state index contributed by atoms with van der Waals surface area (Å²) < 4.78 is 2.95. The van der Waals surface area contributed by atoms with Gasteiger partial charge in [-0.15, -0.1) is 11.3 Å². The van der Waals surface area contributed by atoms with Gasteiger partial charge in [0, 0.05) is 24.5 Å². The number of aliphatic hydroxyl groups is 3. The zero-order valence-electron chi connectivity index (χ0n) is 22.7. The van der Waals surface area contributed by atoms with E-state index in [1.807, 2.05) is 54.9 Å². The highest BCUT2D eigenvalue weighted by molar-refractivity contribution is 7.21. The minimum atomic E-state index is -1.15. The van der Waals surface area contributed by atoms with Crippen LogP contribution in [-0.2, 0) is 6.54 Å². The number of anilines is 2. The topological polar surface area (TPSA) is 154 Å². The predicted molar refractivity (Wildman–Crippen MR) is 154 cm³/mol. The van der Waals surface area contributed by atoms with Gasteiger partial charge in [-0.05, 0) is 52.3 Å². The third kappa shape index (κ3) is 4.87. The maximum absolute atomic E-state index is 10.9. The Bertz CT molecular complexity index is 1660. The fraction of sp³-hybridized carbons (Fsp3) is 0.393. The van der Waals surface area contributed by atoms with Gasteiger partial charge in [0.25, 0.3) is 0 Å². The average Bonchev–Trinajstić information content (AvgIpc) is 3.59. The zero-order valence-corrected chi connectivity index (χ0v) is 23.5. The summed E-state index contributed by atoms with van der Waals surface area (Å²) in [5.41, 5.74) is 3.60. The van der Waals surface area contributed by atoms with Crippen LogP contribution >= 0.6 is 11.3 Å². The Morgan fingerprint density at radius 1 is 1.05 bits per heavy atom. The Morgan fingerprint density at radius 2 is 1.88 bits per heavy atom. The van der Waals surface area contributed by atoms with Crippen molar-refractivity contribution in [2.24, 2.45) is 5.92 Å². The minimum Gasteiger partial charge on any atom is -0.390 e. The van der Waals surface area contributed by atoms with Crippen LogP contribution in [0.25, 0.3) is 26.4 Å². The second-order valence-corrected chi connectivity index (χ2v) is 11.9. The number of aryl methyl sites for hydroxylation is 2. The Hall–Kier alpha value is -3.71. The van der Waals surface area contributed by atoms with Crippen LogP contribution < -0.4 is 10.6 Å². The van der Waals surface area contributed by atoms with Crippen molar-refractivity contribution in [2.45, 2.75) is 64.5 Å². The van der Waals surface area contributed by atoms with Crippen LogP contribution in [0.15, 0.2) is 42.9 Å². The van der Waals surface area contributed by atoms with Crippen molar-refractivity contribution in [1.82, 2.24) is 29.3 Å². The Kier molecular flexibility index (Phi) is 6.65. The van der Waals surface area contributed by atoms with Crippen molar-refractivity contribution < 1.29 is 15.3 Å². The standard InChI is InChI=1S/C28H32N8O3S/c1-14-21(26-34-22-15(2)29-9-8-19(22)40-26)25(33-18-11-17(28(3,4)39)23(37)24(18)38)35-27(31-14)30-12-16-13-36-10-6-5-7-20(36)32-16/h5-10,13,17-18,23-24,37-39H,11-12H2,1-4H3,(H2,30,31,33,35)/t17-,18+,23+,24-/m0/s1. The van der Waals surface area contributed by atoms with Crippen molar-refractivity contribution in [3.63, 3.8) is 0 Å². The van der Waals surface area contributed by atoms with Crippen LogP contribution in [0.5, 0.6) is 0 Å². The first kappa shape index (κ1) is 26.5. The molecule has 5 N–H and O–H groups in total. The largest absolute Gasteiger partial charge is 0.390 e. The fourth-order valence-electron chi connectivity index (χ4n) is 5.40. The number of hydrogen-bond donors (Lipinski definition) is 5. The third-order valence-electron chi connectivity index (χ3n) is 7.55. The van der Waals surface area contributed by atoms with Gasteiger partial charge in [0.05, 0.1) is 51.6 Å². The number of thiazole rings is 1. The van der Waals surface area contributed by atoms with Crippen LogP contribution in [0.1, 0.15) is 37.4 Å². The summed E-state index contributed by atoms with van der Waals surface area (Å²) in [7, 11) is 0. The summed E-state index contributed by atoms with van der Waals surface area (Å²) >= 11 is 1.52. The summed E-state index contributed by atoms with van der Waals surface area (Å²) in [5, 5.41) is 39.6. The van der Waals surface area contributed by atoms with E-state index in [1.54, 1.807) is 20.0 Å². The van der Waals surface area contributed by atoms with Gasteiger partial charge in [-0.1, -0.05) is 6.07 Å². The molecule has 40 heavy (non-hydrogen) atoms. The lowest BCUT2D eigenvalue weighted by Crippen LogP contribution is -2.40. The van der Waals surface area contributed by atoms with Crippen LogP contribution in [-0.4, -0.2) is 68.5 Å². The molecule has 5 aromatic rings. The molecule has 11 nitrogen and oxygen atoms in total. The number of hydrogen-bond acceptors (Lipinski definition) is 11. The molecule has 1 saturated carbocycles. The van der Waals surface area contributed by atoms with Gasteiger partial charge in [0.2, 0.25) is 5.95 Å². The average molecular weight is 561 g/mol. The molecule has 0 spiro atoms. The summed E-state index contributed by atoms with van der Waals surface area (Å²) in [6, 6.07) is 7.23. The van der Waals surface area contributed by atoms with Crippen molar-refractivity contribution in [1.29, 1.82) is 0 Å². The molecule has 0 aliphatic heterocycles. The van der Waals surface area contributed by atoms with Crippen molar-refractivity contribution in [2.75, 3.05) is 10.6 Å². The van der Waals surface area contributed by atoms with Gasteiger partial charge in [0.1, 0.15) is 28.1 Å². The molecule has 0 aromatic carbocycles. The van der Waals surface area contributed by atoms with Crippen molar-refractivity contribution in [3.05, 3.63) is 59.9 Å². The lowest BCUT2D eigenvalue weighted by atomic mass is 9.88. The maximum atomic E-state index is 10.9. The first-order valence-corrected chi connectivity index (χ1v) is 14.0. The number of aliphatic hydroxyl groups excluding tert-OH is 2. The normalized spacial score (nSPS) is 21.4. The second kappa shape index (κ2) is 10.0. The van der Waals surface area contributed by atoms with E-state index < -0.39 is 29.8 Å². The van der Waals surface area contributed by atoms with Crippen LogP contribution in [0, 0.1) is 19.8 Å². The molecule has 1 fully saturated rings. The van der Waals surface area contributed by atoms with Gasteiger partial charge < -0.3 is 30.4 Å². The molecule has 0 unspecified atom stereocenters. The van der Waals surface area contributed by atoms with E-state index in [0.29, 0.717) is 36.0 Å². The molecule has 6 rings (SSSR count). The van der Waals surface area contributed by atoms with Crippen LogP contribution in [0.3, 0.4) is 0 Å². The molecule has 1 aliphatic carbocycles. The minimum absolute atomic E-state index is 0.362. The Labute approximate surface area is 235 Å². The summed E-state index contributed by atoms with van der Waals surface area (Å²) in [5.74, 6) is 0.379. The van der Waals surface area contributed by atoms with E-state index in [-0.39, 0.29) is 0 Å². The molecule has 5 heterocycles. The van der Waals surface area contributed by atoms with E-state index in [4.69, 9.17) is 15.0 Å². The SMILES string of the molecule is Cc1nc(NCc2cn3ccccc3n2)nc(N[C@@H]2C[C@H](C(C)(C)O)[C@@H](O)[C@H]2O)c1-c1nc2c(C)nccc2s1. The third-order valence-corrected chi connectivity index (χ3v) is 8.59. The van der Waals surface area contributed by atoms with E-state index >= 15 is 0 Å². The molecule has 4 atom stereocenters. The first-order chi connectivity index (χ1) is 19.1. The number of fused-ring (bicyclic) bond motifs is 2. The Morgan fingerprint density at radius 3 is 2.60 bits per heavy atom. The molecule has 0 amide bonds. The molecule has 1 aliphatic rings. The highest BCUT2D eigenvalue weighted by atomic mass is 32.1. The van der Waals surface area contributed by atoms with Gasteiger partial charge in [-0.3, -0.25) is 4.98 Å². The lowest BCUT2D eigenvalue weighted by molar-refractivity contribution is -0.0601. The van der Waals surface area contributed by atoms with E-state index in [0.717, 1.165) is 32.3 Å². The molecular formula is C28H32N8O3S. The van der Waals surface area contributed by atoms with Gasteiger partial charge >= 0.3 is 0 Å². The smallest absolute Gasteiger partial charge is 0.225 e. The van der Waals surface area contributed by atoms with Gasteiger partial charge in [-0.25, -0.2) is 15.0 Å². The molecule has 0 saturated heterocycles. The zero-order chi connectivity index (χ0) is 28.2. The summed E-state index contributed by atoms with van der Waals surface area (Å²) in [6.07, 6.45) is 3.86. The van der Waals surface area contributed by atoms with Crippen molar-refractivity contribution >= 4 is 39.0 Å². The lowest BCUT2D eigenvalue weighted by Gasteiger charge is -2.28. The molecule has 0 bridgehead atoms. The second-order valence-electron chi connectivity index (χ2n) is 10.9. The van der Waals surface area contributed by atoms with E-state index in [1.165, 1.54) is 11.3 Å². The highest BCUT2D eigenvalue weighted by Crippen LogP contribution is 2.40. The van der Waals surface area contributed by atoms with E-state index in [9.17, 15) is 15.3 Å². The number of rotatable bonds is 7. The van der Waals surface area contributed by atoms with Crippen LogP contribution in [0.2, 0.25) is 0 Å².